The fraction of sp³-hybridized carbons (Fsp3) is 0.385. The molecule has 2 aromatic heterocycles. The zero-order chi connectivity index (χ0) is 21.3. The summed E-state index contributed by atoms with van der Waals surface area (Å²) in [5.41, 5.74) is 5.15. The van der Waals surface area contributed by atoms with Gasteiger partial charge in [0.1, 0.15) is 12.7 Å². The van der Waals surface area contributed by atoms with E-state index in [-0.39, 0.29) is 0 Å². The van der Waals surface area contributed by atoms with E-state index >= 15 is 0 Å². The Morgan fingerprint density at radius 2 is 1.62 bits per heavy atom. The van der Waals surface area contributed by atoms with Gasteiger partial charge >= 0.3 is 0 Å². The van der Waals surface area contributed by atoms with E-state index in [4.69, 9.17) is 0 Å². The number of benzene rings is 2. The normalized spacial score (nSPS) is 21.5. The number of aryl methyl sites for hydroxylation is 1. The van der Waals surface area contributed by atoms with Gasteiger partial charge in [0.05, 0.1) is 0 Å². The van der Waals surface area contributed by atoms with E-state index in [1.54, 1.807) is 12.7 Å². The summed E-state index contributed by atoms with van der Waals surface area (Å²) in [6, 6.07) is 17.4. The molecule has 2 fully saturated rings. The fourth-order valence-electron chi connectivity index (χ4n) is 5.70. The first kappa shape index (κ1) is 19.7. The van der Waals surface area contributed by atoms with Crippen molar-refractivity contribution in [1.29, 1.82) is 0 Å². The molecule has 4 heterocycles. The first-order valence-corrected chi connectivity index (χ1v) is 11.8. The molecule has 32 heavy (non-hydrogen) atoms. The van der Waals surface area contributed by atoms with Crippen LogP contribution >= 0.6 is 0 Å². The standard InChI is InChI=1S/C26H30N6/c1-2-5-20(6-3-1)13-31-16-22-14-30(15-23(22)17-31)10-4-7-21-12-27-26-9-8-24(11-25(21)26)32-18-28-29-19-32/h1-3,5-6,8-9,11-12,18-19,22-23,27H,4,7,10,13-17H2/t22-,23+. The van der Waals surface area contributed by atoms with Gasteiger partial charge in [0, 0.05) is 55.5 Å². The molecule has 164 valence electrons. The third-order valence-electron chi connectivity index (χ3n) is 7.27. The van der Waals surface area contributed by atoms with Crippen LogP contribution in [0.3, 0.4) is 0 Å². The smallest absolute Gasteiger partial charge is 0.123 e. The largest absolute Gasteiger partial charge is 0.361 e. The predicted molar refractivity (Wildman–Crippen MR) is 127 cm³/mol. The van der Waals surface area contributed by atoms with Crippen LogP contribution in [-0.2, 0) is 13.0 Å². The third kappa shape index (κ3) is 3.96. The van der Waals surface area contributed by atoms with Gasteiger partial charge < -0.3 is 9.88 Å². The summed E-state index contributed by atoms with van der Waals surface area (Å²) in [7, 11) is 0. The molecule has 2 aliphatic rings. The lowest BCUT2D eigenvalue weighted by atomic mass is 10.0. The van der Waals surface area contributed by atoms with Gasteiger partial charge in [-0.3, -0.25) is 9.47 Å². The second kappa shape index (κ2) is 8.52. The highest BCUT2D eigenvalue weighted by atomic mass is 15.2. The van der Waals surface area contributed by atoms with Crippen molar-refractivity contribution in [3.05, 3.63) is 78.5 Å². The molecular formula is C26H30N6. The Morgan fingerprint density at radius 3 is 2.41 bits per heavy atom. The van der Waals surface area contributed by atoms with E-state index < -0.39 is 0 Å². The first-order chi connectivity index (χ1) is 15.8. The Hall–Kier alpha value is -2.96. The molecule has 0 radical (unpaired) electrons. The average molecular weight is 427 g/mol. The molecule has 4 aromatic rings. The Bertz CT molecular complexity index is 1150. The summed E-state index contributed by atoms with van der Waals surface area (Å²) >= 11 is 0. The van der Waals surface area contributed by atoms with Gasteiger partial charge in [-0.1, -0.05) is 30.3 Å². The lowest BCUT2D eigenvalue weighted by Gasteiger charge is -2.21. The van der Waals surface area contributed by atoms with Crippen LogP contribution in [0.25, 0.3) is 16.6 Å². The van der Waals surface area contributed by atoms with Gasteiger partial charge in [-0.25, -0.2) is 0 Å². The second-order valence-corrected chi connectivity index (χ2v) is 9.48. The number of rotatable bonds is 7. The third-order valence-corrected chi connectivity index (χ3v) is 7.27. The number of fused-ring (bicyclic) bond motifs is 2. The molecule has 6 heteroatoms. The zero-order valence-corrected chi connectivity index (χ0v) is 18.4. The van der Waals surface area contributed by atoms with Gasteiger partial charge in [0.15, 0.2) is 0 Å². The summed E-state index contributed by atoms with van der Waals surface area (Å²) in [4.78, 5) is 8.79. The molecule has 1 N–H and O–H groups in total. The number of aromatic nitrogens is 4. The van der Waals surface area contributed by atoms with Crippen molar-refractivity contribution in [1.82, 2.24) is 29.5 Å². The maximum absolute atomic E-state index is 3.93. The predicted octanol–water partition coefficient (Wildman–Crippen LogP) is 3.75. The lowest BCUT2D eigenvalue weighted by Crippen LogP contribution is -2.29. The molecule has 2 aliphatic heterocycles. The van der Waals surface area contributed by atoms with Crippen LogP contribution in [0.2, 0.25) is 0 Å². The molecule has 6 rings (SSSR count). The molecule has 0 amide bonds. The van der Waals surface area contributed by atoms with Crippen LogP contribution in [0.1, 0.15) is 17.5 Å². The van der Waals surface area contributed by atoms with Crippen LogP contribution in [0.4, 0.5) is 0 Å². The monoisotopic (exact) mass is 426 g/mol. The lowest BCUT2D eigenvalue weighted by molar-refractivity contribution is 0.249. The zero-order valence-electron chi connectivity index (χ0n) is 18.4. The topological polar surface area (TPSA) is 53.0 Å². The minimum absolute atomic E-state index is 0.846. The van der Waals surface area contributed by atoms with Crippen molar-refractivity contribution in [2.45, 2.75) is 19.4 Å². The molecule has 2 saturated heterocycles. The molecule has 2 atom stereocenters. The first-order valence-electron chi connectivity index (χ1n) is 11.8. The maximum Gasteiger partial charge on any atom is 0.123 e. The van der Waals surface area contributed by atoms with Crippen LogP contribution in [-0.4, -0.2) is 62.3 Å². The summed E-state index contributed by atoms with van der Waals surface area (Å²) < 4.78 is 1.96. The van der Waals surface area contributed by atoms with Crippen molar-refractivity contribution in [2.24, 2.45) is 11.8 Å². The van der Waals surface area contributed by atoms with Crippen LogP contribution in [0.15, 0.2) is 67.4 Å². The number of H-pyrrole nitrogens is 1. The van der Waals surface area contributed by atoms with Crippen molar-refractivity contribution in [2.75, 3.05) is 32.7 Å². The van der Waals surface area contributed by atoms with E-state index in [2.05, 4.69) is 79.7 Å². The second-order valence-electron chi connectivity index (χ2n) is 9.48. The summed E-state index contributed by atoms with van der Waals surface area (Å²) in [6.07, 6.45) is 7.99. The number of nitrogens with zero attached hydrogens (tertiary/aromatic N) is 5. The van der Waals surface area contributed by atoms with Gasteiger partial charge in [-0.2, -0.15) is 0 Å². The van der Waals surface area contributed by atoms with Crippen molar-refractivity contribution in [3.63, 3.8) is 0 Å². The van der Waals surface area contributed by atoms with Gasteiger partial charge in [0.2, 0.25) is 0 Å². The SMILES string of the molecule is c1ccc(CN2C[C@H]3CN(CCCc4c[nH]c5ccc(-n6cnnc6)cc45)C[C@H]3C2)cc1. The summed E-state index contributed by atoms with van der Waals surface area (Å²) in [5.74, 6) is 1.69. The minimum Gasteiger partial charge on any atom is -0.361 e. The number of likely N-dealkylation sites (tertiary alicyclic amines) is 2. The van der Waals surface area contributed by atoms with Gasteiger partial charge in [-0.15, -0.1) is 10.2 Å². The van der Waals surface area contributed by atoms with Crippen molar-refractivity contribution in [3.8, 4) is 5.69 Å². The van der Waals surface area contributed by atoms with Crippen molar-refractivity contribution < 1.29 is 0 Å². The molecule has 0 unspecified atom stereocenters. The maximum atomic E-state index is 3.93. The number of aromatic amines is 1. The fourth-order valence-corrected chi connectivity index (χ4v) is 5.70. The Labute approximate surface area is 188 Å². The summed E-state index contributed by atoms with van der Waals surface area (Å²) in [5, 5.41) is 9.17. The molecule has 2 aromatic carbocycles. The quantitative estimate of drug-likeness (QED) is 0.489. The highest BCUT2D eigenvalue weighted by molar-refractivity contribution is 5.85. The number of nitrogens with one attached hydrogen (secondary N) is 1. The van der Waals surface area contributed by atoms with E-state index in [1.165, 1.54) is 61.2 Å². The van der Waals surface area contributed by atoms with Gasteiger partial charge in [-0.05, 0) is 60.5 Å². The average Bonchev–Trinajstić information content (AvgIpc) is 3.59. The van der Waals surface area contributed by atoms with Crippen molar-refractivity contribution >= 4 is 10.9 Å². The van der Waals surface area contributed by atoms with E-state index in [9.17, 15) is 0 Å². The Kier molecular flexibility index (Phi) is 5.25. The molecule has 0 spiro atoms. The Balaban J connectivity index is 1.02. The van der Waals surface area contributed by atoms with E-state index in [0.717, 1.165) is 30.5 Å². The molecule has 0 aliphatic carbocycles. The summed E-state index contributed by atoms with van der Waals surface area (Å²) in [6.45, 7) is 7.34. The highest BCUT2D eigenvalue weighted by Crippen LogP contribution is 2.32. The highest BCUT2D eigenvalue weighted by Gasteiger charge is 2.39. The van der Waals surface area contributed by atoms with Crippen LogP contribution in [0.5, 0.6) is 0 Å². The molecule has 0 saturated carbocycles. The van der Waals surface area contributed by atoms with Crippen LogP contribution in [0, 0.1) is 11.8 Å². The van der Waals surface area contributed by atoms with Gasteiger partial charge in [0.25, 0.3) is 0 Å². The minimum atomic E-state index is 0.846. The number of hydrogen-bond donors (Lipinski definition) is 1. The Morgan fingerprint density at radius 1 is 0.875 bits per heavy atom. The van der Waals surface area contributed by atoms with E-state index in [0.29, 0.717) is 0 Å². The van der Waals surface area contributed by atoms with Crippen LogP contribution < -0.4 is 0 Å². The number of hydrogen-bond acceptors (Lipinski definition) is 4. The molecule has 0 bridgehead atoms. The molecular weight excluding hydrogens is 396 g/mol. The van der Waals surface area contributed by atoms with E-state index in [1.807, 2.05) is 4.57 Å². The molecule has 6 nitrogen and oxygen atoms in total.